The number of pyridine rings is 1. The topological polar surface area (TPSA) is 59.4 Å². The van der Waals surface area contributed by atoms with Crippen LogP contribution in [0.4, 0.5) is 0 Å². The monoisotopic (exact) mass is 759 g/mol. The van der Waals surface area contributed by atoms with Gasteiger partial charge in [0, 0.05) is 55.3 Å². The minimum atomic E-state index is -1.45. The number of ketones is 1. The van der Waals surface area contributed by atoms with Gasteiger partial charge in [0.15, 0.2) is 5.78 Å². The number of carbonyl (C=O) groups excluding carboxylic acids is 1. The van der Waals surface area contributed by atoms with E-state index in [-0.39, 0.29) is 43.5 Å². The molecule has 3 aromatic carbocycles. The number of aryl methyl sites for hydroxylation is 1. The van der Waals surface area contributed by atoms with Crippen molar-refractivity contribution in [2.75, 3.05) is 0 Å². The van der Waals surface area contributed by atoms with E-state index in [4.69, 9.17) is 9.72 Å². The zero-order valence-corrected chi connectivity index (χ0v) is 29.6. The number of rotatable bonds is 8. The zero-order valence-electron chi connectivity index (χ0n) is 26.2. The van der Waals surface area contributed by atoms with Crippen LogP contribution in [0.5, 0.6) is 11.5 Å². The molecule has 0 atom stereocenters. The Balaban J connectivity index is 0.000000263. The van der Waals surface area contributed by atoms with Crippen molar-refractivity contribution >= 4 is 40.6 Å². The Morgan fingerprint density at radius 3 is 2.26 bits per heavy atom. The van der Waals surface area contributed by atoms with Crippen LogP contribution in [-0.2, 0) is 24.9 Å². The average molecular weight is 759 g/mol. The number of aliphatic hydroxyl groups excluding tert-OH is 1. The van der Waals surface area contributed by atoms with Crippen LogP contribution in [0.3, 0.4) is 0 Å². The summed E-state index contributed by atoms with van der Waals surface area (Å²) in [5.74, 6) is 2.37. The van der Waals surface area contributed by atoms with E-state index in [1.807, 2.05) is 33.9 Å². The Bertz CT molecular complexity index is 1600. The molecule has 0 amide bonds. The van der Waals surface area contributed by atoms with Gasteiger partial charge in [-0.25, -0.2) is 0 Å². The van der Waals surface area contributed by atoms with Crippen molar-refractivity contribution in [1.29, 1.82) is 0 Å². The fourth-order valence-corrected chi connectivity index (χ4v) is 6.74. The van der Waals surface area contributed by atoms with Gasteiger partial charge in [0.05, 0.1) is 19.6 Å². The van der Waals surface area contributed by atoms with Crippen molar-refractivity contribution in [3.8, 4) is 22.8 Å². The van der Waals surface area contributed by atoms with Crippen molar-refractivity contribution in [1.82, 2.24) is 4.98 Å². The third-order valence-corrected chi connectivity index (χ3v) is 10.4. The second-order valence-corrected chi connectivity index (χ2v) is 17.2. The maximum absolute atomic E-state index is 11.7. The number of nitrogens with zero attached hydrogens (tertiary/aromatic N) is 1. The van der Waals surface area contributed by atoms with Gasteiger partial charge in [-0.1, -0.05) is 93.3 Å². The van der Waals surface area contributed by atoms with E-state index < -0.39 is 8.07 Å². The van der Waals surface area contributed by atoms with Crippen LogP contribution in [0.15, 0.2) is 60.5 Å². The number of allylic oxidation sites excluding steroid dienone is 2. The molecule has 0 aliphatic carbocycles. The molecule has 0 unspecified atom stereocenters. The molecule has 0 saturated heterocycles. The van der Waals surface area contributed by atoms with Crippen molar-refractivity contribution in [2.24, 2.45) is 11.8 Å². The number of hydrogen-bond donors (Lipinski definition) is 1. The van der Waals surface area contributed by atoms with Gasteiger partial charge < -0.3 is 9.84 Å². The van der Waals surface area contributed by atoms with Crippen molar-refractivity contribution in [3.63, 3.8) is 0 Å². The van der Waals surface area contributed by atoms with E-state index in [1.54, 1.807) is 0 Å². The minimum Gasteiger partial charge on any atom is -0.512 e. The summed E-state index contributed by atoms with van der Waals surface area (Å²) in [6.45, 7) is 17.3. The number of carbonyl (C=O) groups is 1. The number of hydrogen-bond acceptors (Lipinski definition) is 4. The van der Waals surface area contributed by atoms with E-state index in [9.17, 15) is 9.90 Å². The van der Waals surface area contributed by atoms with Gasteiger partial charge in [-0.05, 0) is 50.1 Å². The number of ether oxygens (including phenoxy) is 1. The van der Waals surface area contributed by atoms with Gasteiger partial charge in [-0.15, -0.1) is 17.5 Å². The summed E-state index contributed by atoms with van der Waals surface area (Å²) in [7, 11) is -1.45. The molecule has 225 valence electrons. The summed E-state index contributed by atoms with van der Waals surface area (Å²) in [6.07, 6.45) is 6.81. The predicted octanol–water partition coefficient (Wildman–Crippen LogP) is 9.68. The molecule has 42 heavy (non-hydrogen) atoms. The molecule has 0 bridgehead atoms. The molecular formula is C36H44IrNO3Si-. The summed E-state index contributed by atoms with van der Waals surface area (Å²) in [4.78, 5) is 16.4. The van der Waals surface area contributed by atoms with E-state index in [2.05, 4.69) is 75.1 Å². The van der Waals surface area contributed by atoms with E-state index in [1.165, 1.54) is 22.0 Å². The first kappa shape index (κ1) is 33.7. The van der Waals surface area contributed by atoms with Gasteiger partial charge >= 0.3 is 0 Å². The van der Waals surface area contributed by atoms with Crippen molar-refractivity contribution in [2.45, 2.75) is 79.9 Å². The van der Waals surface area contributed by atoms with Crippen molar-refractivity contribution in [3.05, 3.63) is 72.1 Å². The molecule has 0 saturated carbocycles. The first-order chi connectivity index (χ1) is 19.5. The minimum absolute atomic E-state index is 0. The normalized spacial score (nSPS) is 12.5. The first-order valence-corrected chi connectivity index (χ1v) is 18.5. The number of aliphatic hydroxyl groups is 1. The molecule has 1 radical (unpaired) electrons. The Kier molecular flexibility index (Phi) is 11.3. The SMILES string of the molecule is CCC(CC)C(=O)/C=C(\O)C(CC)CC.Cc1c2c([c-]c3ccccc13)-c1nccc3cc([Si](C)(C)C)cc(c13)O2.[Ir]. The van der Waals surface area contributed by atoms with Crippen LogP contribution < -0.4 is 9.92 Å². The molecule has 1 aliphatic rings. The molecule has 4 nitrogen and oxygen atoms in total. The summed E-state index contributed by atoms with van der Waals surface area (Å²) in [5, 5.41) is 15.8. The maximum Gasteiger partial charge on any atom is 0.162 e. The maximum atomic E-state index is 11.7. The first-order valence-electron chi connectivity index (χ1n) is 15.0. The Morgan fingerprint density at radius 2 is 1.64 bits per heavy atom. The molecular weight excluding hydrogens is 715 g/mol. The third-order valence-electron chi connectivity index (χ3n) is 8.38. The van der Waals surface area contributed by atoms with Crippen LogP contribution >= 0.6 is 0 Å². The molecule has 1 aromatic heterocycles. The van der Waals surface area contributed by atoms with Gasteiger partial charge in [0.2, 0.25) is 0 Å². The van der Waals surface area contributed by atoms with Gasteiger partial charge in [-0.2, -0.15) is 0 Å². The van der Waals surface area contributed by atoms with Gasteiger partial charge in [0.1, 0.15) is 5.75 Å². The molecule has 5 rings (SSSR count). The Hall–Kier alpha value is -2.79. The number of fused-ring (bicyclic) bond motifs is 3. The molecule has 0 spiro atoms. The molecule has 6 heteroatoms. The molecule has 1 aliphatic heterocycles. The molecule has 4 aromatic rings. The van der Waals surface area contributed by atoms with Gasteiger partial charge in [-0.3, -0.25) is 9.78 Å². The van der Waals surface area contributed by atoms with Gasteiger partial charge in [0.25, 0.3) is 0 Å². The van der Waals surface area contributed by atoms with Crippen LogP contribution in [0.2, 0.25) is 19.6 Å². The molecule has 1 N–H and O–H groups in total. The van der Waals surface area contributed by atoms with E-state index in [0.717, 1.165) is 64.8 Å². The second kappa shape index (κ2) is 14.1. The van der Waals surface area contributed by atoms with Crippen LogP contribution in [0, 0.1) is 24.8 Å². The van der Waals surface area contributed by atoms with Crippen LogP contribution in [0.25, 0.3) is 32.8 Å². The third kappa shape index (κ3) is 6.88. The molecule has 0 fully saturated rings. The number of benzene rings is 3. The summed E-state index contributed by atoms with van der Waals surface area (Å²) in [5.41, 5.74) is 3.10. The van der Waals surface area contributed by atoms with E-state index >= 15 is 0 Å². The smallest absolute Gasteiger partial charge is 0.162 e. The Labute approximate surface area is 266 Å². The standard InChI is InChI=1S/C23H20NOSi.C13H24O2.Ir/c1-14-18-8-6-5-7-15(18)12-19-22-21-16(9-10-24-22)11-17(26(2,3)4)13-20(21)25-23(14)19;1-5-10(6-2)12(14)9-13(15)11(7-3)8-4;/h5-11,13H,1-4H3;9-11,14H,5-8H2,1-4H3;/q-1;;/b;12-9-;. The fraction of sp³-hybridized carbons (Fsp3) is 0.389. The largest absolute Gasteiger partial charge is 0.512 e. The summed E-state index contributed by atoms with van der Waals surface area (Å²) >= 11 is 0. The Morgan fingerprint density at radius 1 is 1.00 bits per heavy atom. The number of aromatic nitrogens is 1. The zero-order chi connectivity index (χ0) is 29.9. The van der Waals surface area contributed by atoms with Crippen LogP contribution in [-0.4, -0.2) is 23.9 Å². The van der Waals surface area contributed by atoms with Crippen molar-refractivity contribution < 1.29 is 34.7 Å². The predicted molar refractivity (Wildman–Crippen MR) is 175 cm³/mol. The second-order valence-electron chi connectivity index (χ2n) is 12.1. The summed E-state index contributed by atoms with van der Waals surface area (Å²) < 4.78 is 6.48. The van der Waals surface area contributed by atoms with E-state index in [0.29, 0.717) is 0 Å². The summed E-state index contributed by atoms with van der Waals surface area (Å²) in [6, 6.07) is 18.5. The average Bonchev–Trinajstić information content (AvgIpc) is 2.95. The quantitative estimate of drug-likeness (QED) is 0.0742. The fourth-order valence-electron chi connectivity index (χ4n) is 5.59. The molecule has 2 heterocycles. The van der Waals surface area contributed by atoms with Crippen LogP contribution in [0.1, 0.15) is 58.9 Å².